The van der Waals surface area contributed by atoms with Gasteiger partial charge in [0.2, 0.25) is 0 Å². The highest BCUT2D eigenvalue weighted by Gasteiger charge is 2.42. The van der Waals surface area contributed by atoms with E-state index >= 15 is 0 Å². The molecule has 1 aromatic carbocycles. The second kappa shape index (κ2) is 6.66. The lowest BCUT2D eigenvalue weighted by Gasteiger charge is -2.34. The molecule has 0 aromatic heterocycles. The first-order chi connectivity index (χ1) is 9.01. The molecule has 2 unspecified atom stereocenters. The van der Waals surface area contributed by atoms with Gasteiger partial charge in [-0.25, -0.2) is 4.39 Å². The molecule has 1 aromatic rings. The van der Waals surface area contributed by atoms with Crippen molar-refractivity contribution < 1.29 is 19.0 Å². The molecule has 1 N–H and O–H groups in total. The van der Waals surface area contributed by atoms with Gasteiger partial charge in [-0.3, -0.25) is 4.79 Å². The van der Waals surface area contributed by atoms with Crippen molar-refractivity contribution in [1.82, 2.24) is 0 Å². The van der Waals surface area contributed by atoms with E-state index in [0.717, 1.165) is 0 Å². The van der Waals surface area contributed by atoms with E-state index in [1.807, 2.05) is 0 Å². The van der Waals surface area contributed by atoms with Crippen LogP contribution in [-0.2, 0) is 15.1 Å². The SMILES string of the molecule is CCOC(=O)C(CC)C(O)(CC)c1ccccc1F. The van der Waals surface area contributed by atoms with Gasteiger partial charge in [-0.1, -0.05) is 32.0 Å². The van der Waals surface area contributed by atoms with Gasteiger partial charge in [0.05, 0.1) is 12.5 Å². The van der Waals surface area contributed by atoms with E-state index in [4.69, 9.17) is 4.74 Å². The highest BCUT2D eigenvalue weighted by Crippen LogP contribution is 2.37. The van der Waals surface area contributed by atoms with Crippen molar-refractivity contribution in [1.29, 1.82) is 0 Å². The molecule has 106 valence electrons. The molecule has 0 spiro atoms. The van der Waals surface area contributed by atoms with Gasteiger partial charge in [0, 0.05) is 5.56 Å². The normalized spacial score (nSPS) is 15.6. The highest BCUT2D eigenvalue weighted by molar-refractivity contribution is 5.74. The van der Waals surface area contributed by atoms with E-state index in [1.54, 1.807) is 32.9 Å². The molecule has 0 radical (unpaired) electrons. The Morgan fingerprint density at radius 3 is 2.47 bits per heavy atom. The zero-order valence-electron chi connectivity index (χ0n) is 11.6. The van der Waals surface area contributed by atoms with E-state index in [1.165, 1.54) is 12.1 Å². The smallest absolute Gasteiger partial charge is 0.312 e. The average Bonchev–Trinajstić information content (AvgIpc) is 2.40. The number of carbonyl (C=O) groups is 1. The summed E-state index contributed by atoms with van der Waals surface area (Å²) in [5, 5.41) is 10.8. The van der Waals surface area contributed by atoms with Crippen LogP contribution in [0.2, 0.25) is 0 Å². The van der Waals surface area contributed by atoms with Crippen LogP contribution in [0.4, 0.5) is 4.39 Å². The van der Waals surface area contributed by atoms with Crippen LogP contribution in [0.15, 0.2) is 24.3 Å². The van der Waals surface area contributed by atoms with E-state index in [2.05, 4.69) is 0 Å². The first-order valence-corrected chi connectivity index (χ1v) is 6.65. The molecule has 0 aliphatic rings. The van der Waals surface area contributed by atoms with Gasteiger partial charge in [0.25, 0.3) is 0 Å². The number of ether oxygens (including phenoxy) is 1. The maximum atomic E-state index is 13.9. The van der Waals surface area contributed by atoms with Gasteiger partial charge >= 0.3 is 5.97 Å². The van der Waals surface area contributed by atoms with Crippen LogP contribution in [0, 0.1) is 11.7 Å². The Morgan fingerprint density at radius 2 is 2.00 bits per heavy atom. The summed E-state index contributed by atoms with van der Waals surface area (Å²) < 4.78 is 18.9. The van der Waals surface area contributed by atoms with Crippen molar-refractivity contribution in [2.24, 2.45) is 5.92 Å². The third-order valence-electron chi connectivity index (χ3n) is 3.44. The van der Waals surface area contributed by atoms with Crippen molar-refractivity contribution >= 4 is 5.97 Å². The fourth-order valence-corrected chi connectivity index (χ4v) is 2.38. The standard InChI is InChI=1S/C15H21FO3/c1-4-11(14(17)19-6-3)15(18,5-2)12-9-7-8-10-13(12)16/h7-11,18H,4-6H2,1-3H3. The van der Waals surface area contributed by atoms with Crippen LogP contribution in [0.5, 0.6) is 0 Å². The molecular formula is C15H21FO3. The van der Waals surface area contributed by atoms with Crippen molar-refractivity contribution in [3.63, 3.8) is 0 Å². The van der Waals surface area contributed by atoms with Gasteiger partial charge < -0.3 is 9.84 Å². The highest BCUT2D eigenvalue weighted by atomic mass is 19.1. The van der Waals surface area contributed by atoms with Crippen LogP contribution in [0.3, 0.4) is 0 Å². The minimum Gasteiger partial charge on any atom is -0.466 e. The van der Waals surface area contributed by atoms with Crippen LogP contribution in [0.1, 0.15) is 39.2 Å². The zero-order chi connectivity index (χ0) is 14.5. The fourth-order valence-electron chi connectivity index (χ4n) is 2.38. The molecule has 1 rings (SSSR count). The minimum absolute atomic E-state index is 0.150. The Kier molecular flexibility index (Phi) is 5.48. The Balaban J connectivity index is 3.21. The molecule has 0 heterocycles. The quantitative estimate of drug-likeness (QED) is 0.807. The molecule has 3 nitrogen and oxygen atoms in total. The lowest BCUT2D eigenvalue weighted by Crippen LogP contribution is -2.40. The topological polar surface area (TPSA) is 46.5 Å². The molecular weight excluding hydrogens is 247 g/mol. The van der Waals surface area contributed by atoms with Crippen LogP contribution in [-0.4, -0.2) is 17.7 Å². The zero-order valence-corrected chi connectivity index (χ0v) is 11.6. The predicted molar refractivity (Wildman–Crippen MR) is 71.0 cm³/mol. The van der Waals surface area contributed by atoms with E-state index in [-0.39, 0.29) is 18.6 Å². The molecule has 0 saturated heterocycles. The van der Waals surface area contributed by atoms with Crippen LogP contribution >= 0.6 is 0 Å². The summed E-state index contributed by atoms with van der Waals surface area (Å²) in [6.07, 6.45) is 0.628. The summed E-state index contributed by atoms with van der Waals surface area (Å²) in [5.41, 5.74) is -1.38. The number of hydrogen-bond donors (Lipinski definition) is 1. The molecule has 0 amide bonds. The number of carbonyl (C=O) groups excluding carboxylic acids is 1. The van der Waals surface area contributed by atoms with Gasteiger partial charge in [0.1, 0.15) is 11.4 Å². The maximum absolute atomic E-state index is 13.9. The first-order valence-electron chi connectivity index (χ1n) is 6.65. The van der Waals surface area contributed by atoms with Crippen molar-refractivity contribution in [3.8, 4) is 0 Å². The number of rotatable bonds is 6. The molecule has 0 bridgehead atoms. The number of halogens is 1. The van der Waals surface area contributed by atoms with Gasteiger partial charge in [0.15, 0.2) is 0 Å². The molecule has 0 fully saturated rings. The minimum atomic E-state index is -1.54. The van der Waals surface area contributed by atoms with Gasteiger partial charge in [-0.15, -0.1) is 0 Å². The Bertz CT molecular complexity index is 433. The molecule has 4 heteroatoms. The molecule has 0 aliphatic heterocycles. The van der Waals surface area contributed by atoms with E-state index < -0.39 is 23.3 Å². The summed E-state index contributed by atoms with van der Waals surface area (Å²) >= 11 is 0. The Labute approximate surface area is 113 Å². The van der Waals surface area contributed by atoms with E-state index in [9.17, 15) is 14.3 Å². The van der Waals surface area contributed by atoms with Gasteiger partial charge in [-0.2, -0.15) is 0 Å². The number of hydrogen-bond acceptors (Lipinski definition) is 3. The lowest BCUT2D eigenvalue weighted by atomic mass is 9.77. The monoisotopic (exact) mass is 268 g/mol. The summed E-state index contributed by atoms with van der Waals surface area (Å²) in [7, 11) is 0. The lowest BCUT2D eigenvalue weighted by molar-refractivity contribution is -0.160. The third-order valence-corrected chi connectivity index (χ3v) is 3.44. The molecule has 0 saturated carbocycles. The molecule has 19 heavy (non-hydrogen) atoms. The van der Waals surface area contributed by atoms with E-state index in [0.29, 0.717) is 6.42 Å². The molecule has 0 aliphatic carbocycles. The number of esters is 1. The Hall–Kier alpha value is -1.42. The Morgan fingerprint density at radius 1 is 1.37 bits per heavy atom. The summed E-state index contributed by atoms with van der Waals surface area (Å²) in [6.45, 7) is 5.46. The van der Waals surface area contributed by atoms with Crippen LogP contribution < -0.4 is 0 Å². The van der Waals surface area contributed by atoms with Gasteiger partial charge in [-0.05, 0) is 25.8 Å². The summed E-state index contributed by atoms with van der Waals surface area (Å²) in [5.74, 6) is -1.76. The fraction of sp³-hybridized carbons (Fsp3) is 0.533. The third kappa shape index (κ3) is 3.13. The number of benzene rings is 1. The van der Waals surface area contributed by atoms with Crippen molar-refractivity contribution in [3.05, 3.63) is 35.6 Å². The largest absolute Gasteiger partial charge is 0.466 e. The van der Waals surface area contributed by atoms with Crippen molar-refractivity contribution in [2.45, 2.75) is 39.2 Å². The average molecular weight is 268 g/mol. The summed E-state index contributed by atoms with van der Waals surface area (Å²) in [6, 6.07) is 6.01. The first kappa shape index (κ1) is 15.6. The predicted octanol–water partition coefficient (Wildman–Crippen LogP) is 3.01. The second-order valence-electron chi connectivity index (χ2n) is 4.47. The maximum Gasteiger partial charge on any atom is 0.312 e. The molecule has 2 atom stereocenters. The summed E-state index contributed by atoms with van der Waals surface area (Å²) in [4.78, 5) is 12.0. The number of aliphatic hydroxyl groups is 1. The van der Waals surface area contributed by atoms with Crippen molar-refractivity contribution in [2.75, 3.05) is 6.61 Å². The van der Waals surface area contributed by atoms with Crippen LogP contribution in [0.25, 0.3) is 0 Å². The second-order valence-corrected chi connectivity index (χ2v) is 4.47.